The Labute approximate surface area is 141 Å². The lowest BCUT2D eigenvalue weighted by molar-refractivity contribution is 0.0827. The highest BCUT2D eigenvalue weighted by Crippen LogP contribution is 2.25. The van der Waals surface area contributed by atoms with Crippen LogP contribution in [-0.4, -0.2) is 38.0 Å². The minimum Gasteiger partial charge on any atom is -0.495 e. The van der Waals surface area contributed by atoms with Gasteiger partial charge in [0.05, 0.1) is 12.8 Å². The van der Waals surface area contributed by atoms with Crippen molar-refractivity contribution >= 4 is 23.3 Å². The van der Waals surface area contributed by atoms with Gasteiger partial charge in [-0.05, 0) is 42.8 Å². The number of aryl methyl sites for hydroxylation is 1. The number of ether oxygens (including phenoxy) is 1. The van der Waals surface area contributed by atoms with Crippen molar-refractivity contribution in [1.82, 2.24) is 4.90 Å². The van der Waals surface area contributed by atoms with Crippen LogP contribution in [0, 0.1) is 6.92 Å². The van der Waals surface area contributed by atoms with E-state index in [0.717, 1.165) is 5.56 Å². The molecule has 0 saturated heterocycles. The minimum absolute atomic E-state index is 0.126. The molecule has 0 aliphatic carbocycles. The lowest BCUT2D eigenvalue weighted by atomic mass is 10.2. The summed E-state index contributed by atoms with van der Waals surface area (Å²) in [5.74, 6) is 0.451. The molecule has 3 amide bonds. The molecule has 2 N–H and O–H groups in total. The van der Waals surface area contributed by atoms with E-state index in [-0.39, 0.29) is 5.91 Å². The van der Waals surface area contributed by atoms with E-state index < -0.39 is 6.03 Å². The first-order valence-corrected chi connectivity index (χ1v) is 7.45. The number of methoxy groups -OCH3 is 1. The zero-order valence-corrected chi connectivity index (χ0v) is 14.2. The molecule has 0 saturated carbocycles. The van der Waals surface area contributed by atoms with Crippen LogP contribution >= 0.6 is 0 Å². The Morgan fingerprint density at radius 2 is 1.79 bits per heavy atom. The maximum absolute atomic E-state index is 12.2. The molecule has 126 valence electrons. The summed E-state index contributed by atoms with van der Waals surface area (Å²) in [5.41, 5.74) is 2.62. The van der Waals surface area contributed by atoms with Crippen molar-refractivity contribution in [3.8, 4) is 5.75 Å². The Morgan fingerprint density at radius 3 is 2.46 bits per heavy atom. The van der Waals surface area contributed by atoms with Gasteiger partial charge in [0.25, 0.3) is 5.91 Å². The second kappa shape index (κ2) is 7.50. The molecule has 0 unspecified atom stereocenters. The van der Waals surface area contributed by atoms with Crippen LogP contribution in [0.4, 0.5) is 16.2 Å². The van der Waals surface area contributed by atoms with Crippen LogP contribution in [0.15, 0.2) is 42.5 Å². The molecule has 6 nitrogen and oxygen atoms in total. The molecule has 0 aliphatic rings. The molecular weight excluding hydrogens is 306 g/mol. The lowest BCUT2D eigenvalue weighted by Gasteiger charge is -2.13. The lowest BCUT2D eigenvalue weighted by Crippen LogP contribution is -2.23. The molecule has 0 aromatic heterocycles. The van der Waals surface area contributed by atoms with Gasteiger partial charge >= 0.3 is 6.03 Å². The van der Waals surface area contributed by atoms with Crippen molar-refractivity contribution < 1.29 is 14.3 Å². The molecule has 2 aromatic rings. The highest BCUT2D eigenvalue weighted by molar-refractivity contribution is 6.02. The van der Waals surface area contributed by atoms with Gasteiger partial charge in [0.1, 0.15) is 5.75 Å². The Balaban J connectivity index is 2.12. The van der Waals surface area contributed by atoms with Crippen molar-refractivity contribution in [2.75, 3.05) is 31.8 Å². The number of urea groups is 1. The van der Waals surface area contributed by atoms with Crippen LogP contribution in [0.3, 0.4) is 0 Å². The van der Waals surface area contributed by atoms with Crippen LogP contribution in [0.25, 0.3) is 0 Å². The molecule has 24 heavy (non-hydrogen) atoms. The smallest absolute Gasteiger partial charge is 0.323 e. The van der Waals surface area contributed by atoms with Gasteiger partial charge in [0.15, 0.2) is 0 Å². The van der Waals surface area contributed by atoms with Crippen LogP contribution in [0.2, 0.25) is 0 Å². The van der Waals surface area contributed by atoms with E-state index in [9.17, 15) is 9.59 Å². The second-order valence-corrected chi connectivity index (χ2v) is 5.56. The summed E-state index contributed by atoms with van der Waals surface area (Å²) in [7, 11) is 4.91. The topological polar surface area (TPSA) is 70.7 Å². The van der Waals surface area contributed by atoms with Crippen LogP contribution in [-0.2, 0) is 0 Å². The number of hydrogen-bond donors (Lipinski definition) is 2. The highest BCUT2D eigenvalue weighted by Gasteiger charge is 2.11. The Morgan fingerprint density at radius 1 is 1.04 bits per heavy atom. The molecule has 0 heterocycles. The normalized spacial score (nSPS) is 10.0. The largest absolute Gasteiger partial charge is 0.495 e. The zero-order chi connectivity index (χ0) is 17.7. The number of nitrogens with zero attached hydrogens (tertiary/aromatic N) is 1. The third kappa shape index (κ3) is 4.25. The van der Waals surface area contributed by atoms with Gasteiger partial charge in [-0.1, -0.05) is 12.1 Å². The van der Waals surface area contributed by atoms with Crippen molar-refractivity contribution in [3.05, 3.63) is 53.6 Å². The van der Waals surface area contributed by atoms with Crippen molar-refractivity contribution in [2.24, 2.45) is 0 Å². The van der Waals surface area contributed by atoms with E-state index in [0.29, 0.717) is 22.7 Å². The maximum Gasteiger partial charge on any atom is 0.323 e. The number of nitrogens with one attached hydrogen (secondary N) is 2. The van der Waals surface area contributed by atoms with Gasteiger partial charge in [-0.2, -0.15) is 0 Å². The van der Waals surface area contributed by atoms with Crippen molar-refractivity contribution in [1.29, 1.82) is 0 Å². The van der Waals surface area contributed by atoms with E-state index in [1.807, 2.05) is 19.1 Å². The van der Waals surface area contributed by atoms with Crippen LogP contribution < -0.4 is 15.4 Å². The van der Waals surface area contributed by atoms with Gasteiger partial charge in [-0.15, -0.1) is 0 Å². The predicted molar refractivity (Wildman–Crippen MR) is 94.8 cm³/mol. The van der Waals surface area contributed by atoms with Crippen molar-refractivity contribution in [2.45, 2.75) is 6.92 Å². The second-order valence-electron chi connectivity index (χ2n) is 5.56. The molecule has 0 bridgehead atoms. The fraction of sp³-hybridized carbons (Fsp3) is 0.222. The van der Waals surface area contributed by atoms with Crippen molar-refractivity contribution in [3.63, 3.8) is 0 Å². The van der Waals surface area contributed by atoms with E-state index >= 15 is 0 Å². The minimum atomic E-state index is -0.409. The summed E-state index contributed by atoms with van der Waals surface area (Å²) in [6.07, 6.45) is 0. The average molecular weight is 327 g/mol. The van der Waals surface area contributed by atoms with Crippen LogP contribution in [0.1, 0.15) is 15.9 Å². The van der Waals surface area contributed by atoms with Crippen LogP contribution in [0.5, 0.6) is 5.75 Å². The summed E-state index contributed by atoms with van der Waals surface area (Å²) in [5, 5.41) is 5.47. The first-order chi connectivity index (χ1) is 11.4. The number of hydrogen-bond acceptors (Lipinski definition) is 3. The van der Waals surface area contributed by atoms with Gasteiger partial charge in [-0.3, -0.25) is 4.79 Å². The number of carbonyl (C=O) groups excluding carboxylic acids is 2. The van der Waals surface area contributed by atoms with Gasteiger partial charge in [0.2, 0.25) is 0 Å². The number of rotatable bonds is 4. The first-order valence-electron chi connectivity index (χ1n) is 7.45. The summed E-state index contributed by atoms with van der Waals surface area (Å²) >= 11 is 0. The van der Waals surface area contributed by atoms with E-state index in [4.69, 9.17) is 4.74 Å². The fourth-order valence-corrected chi connectivity index (χ4v) is 2.19. The molecule has 6 heteroatoms. The molecule has 0 aliphatic heterocycles. The van der Waals surface area contributed by atoms with Gasteiger partial charge in [0, 0.05) is 25.3 Å². The summed E-state index contributed by atoms with van der Waals surface area (Å²) in [6, 6.07) is 11.9. The molecular formula is C18H21N3O3. The number of carbonyl (C=O) groups is 2. The Bertz CT molecular complexity index is 757. The Kier molecular flexibility index (Phi) is 5.42. The number of benzene rings is 2. The Hall–Kier alpha value is -3.02. The predicted octanol–water partition coefficient (Wildman–Crippen LogP) is 3.35. The van der Waals surface area contributed by atoms with E-state index in [1.54, 1.807) is 51.5 Å². The molecule has 2 rings (SSSR count). The van der Waals surface area contributed by atoms with Gasteiger partial charge < -0.3 is 20.3 Å². The number of amides is 3. The molecule has 0 radical (unpaired) electrons. The SMILES string of the molecule is COc1ccc(C)cc1NC(=O)Nc1cccc(C(=O)N(C)C)c1. The summed E-state index contributed by atoms with van der Waals surface area (Å²) in [6.45, 7) is 1.93. The summed E-state index contributed by atoms with van der Waals surface area (Å²) in [4.78, 5) is 25.7. The van der Waals surface area contributed by atoms with E-state index in [2.05, 4.69) is 10.6 Å². The maximum atomic E-state index is 12.2. The molecule has 0 atom stereocenters. The molecule has 2 aromatic carbocycles. The molecule has 0 spiro atoms. The average Bonchev–Trinajstić information content (AvgIpc) is 2.54. The first kappa shape index (κ1) is 17.3. The monoisotopic (exact) mass is 327 g/mol. The third-order valence-corrected chi connectivity index (χ3v) is 3.38. The van der Waals surface area contributed by atoms with E-state index in [1.165, 1.54) is 4.90 Å². The number of anilines is 2. The zero-order valence-electron chi connectivity index (χ0n) is 14.2. The fourth-order valence-electron chi connectivity index (χ4n) is 2.19. The molecule has 0 fully saturated rings. The highest BCUT2D eigenvalue weighted by atomic mass is 16.5. The summed E-state index contributed by atoms with van der Waals surface area (Å²) < 4.78 is 5.24. The third-order valence-electron chi connectivity index (χ3n) is 3.38. The quantitative estimate of drug-likeness (QED) is 0.904. The standard InChI is InChI=1S/C18H21N3O3/c1-12-8-9-16(24-4)15(10-12)20-18(23)19-14-7-5-6-13(11-14)17(22)21(2)3/h5-11H,1-4H3,(H2,19,20,23). The van der Waals surface area contributed by atoms with Gasteiger partial charge in [-0.25, -0.2) is 4.79 Å².